The molecule has 1 aliphatic rings. The first-order valence-corrected chi connectivity index (χ1v) is 5.17. The number of hydrogen-bond donors (Lipinski definition) is 1. The van der Waals surface area contributed by atoms with Crippen molar-refractivity contribution in [2.75, 3.05) is 0 Å². The highest BCUT2D eigenvalue weighted by molar-refractivity contribution is 5.23. The van der Waals surface area contributed by atoms with E-state index in [4.69, 9.17) is 5.73 Å². The summed E-state index contributed by atoms with van der Waals surface area (Å²) in [5.41, 5.74) is 8.95. The van der Waals surface area contributed by atoms with Crippen molar-refractivity contribution >= 4 is 0 Å². The third kappa shape index (κ3) is 1.46. The van der Waals surface area contributed by atoms with Gasteiger partial charge in [0.1, 0.15) is 0 Å². The van der Waals surface area contributed by atoms with E-state index in [0.29, 0.717) is 11.3 Å². The van der Waals surface area contributed by atoms with Crippen LogP contribution in [-0.2, 0) is 7.05 Å². The molecular weight excluding hydrogens is 174 g/mol. The summed E-state index contributed by atoms with van der Waals surface area (Å²) in [6, 6.07) is 0.165. The predicted octanol–water partition coefficient (Wildman–Crippen LogP) is 1.77. The molecule has 1 fully saturated rings. The van der Waals surface area contributed by atoms with Crippen LogP contribution in [0.1, 0.15) is 37.6 Å². The van der Waals surface area contributed by atoms with Gasteiger partial charge in [-0.15, -0.1) is 0 Å². The first-order valence-electron chi connectivity index (χ1n) is 5.17. The Hall–Kier alpha value is -0.830. The summed E-state index contributed by atoms with van der Waals surface area (Å²) in [7, 11) is 1.95. The van der Waals surface area contributed by atoms with E-state index < -0.39 is 0 Å². The number of nitrogens with two attached hydrogens (primary N) is 1. The van der Waals surface area contributed by atoms with Crippen molar-refractivity contribution in [3.8, 4) is 0 Å². The van der Waals surface area contributed by atoms with Crippen LogP contribution in [-0.4, -0.2) is 9.78 Å². The molecule has 1 saturated carbocycles. The van der Waals surface area contributed by atoms with E-state index in [9.17, 15) is 0 Å². The molecule has 2 rings (SSSR count). The SMILES string of the molecule is Cc1nn(C)cc1C(N)C1CC1(C)C. The Morgan fingerprint density at radius 3 is 2.57 bits per heavy atom. The second kappa shape index (κ2) is 2.83. The zero-order valence-corrected chi connectivity index (χ0v) is 9.41. The molecule has 1 aromatic rings. The van der Waals surface area contributed by atoms with Gasteiger partial charge in [0.2, 0.25) is 0 Å². The van der Waals surface area contributed by atoms with E-state index in [1.807, 2.05) is 18.7 Å². The maximum absolute atomic E-state index is 6.24. The molecule has 0 bridgehead atoms. The Kier molecular flexibility index (Phi) is 1.96. The van der Waals surface area contributed by atoms with Gasteiger partial charge in [-0.3, -0.25) is 4.68 Å². The van der Waals surface area contributed by atoms with Crippen LogP contribution in [0.25, 0.3) is 0 Å². The maximum Gasteiger partial charge on any atom is 0.0641 e. The minimum atomic E-state index is 0.165. The lowest BCUT2D eigenvalue weighted by Gasteiger charge is -2.12. The Morgan fingerprint density at radius 1 is 1.64 bits per heavy atom. The van der Waals surface area contributed by atoms with Crippen LogP contribution in [0.5, 0.6) is 0 Å². The first kappa shape index (κ1) is 9.71. The molecule has 3 nitrogen and oxygen atoms in total. The van der Waals surface area contributed by atoms with Crippen molar-refractivity contribution in [2.24, 2.45) is 24.1 Å². The lowest BCUT2D eigenvalue weighted by Crippen LogP contribution is -2.15. The molecule has 2 unspecified atom stereocenters. The monoisotopic (exact) mass is 193 g/mol. The normalized spacial score (nSPS) is 26.2. The molecule has 1 aromatic heterocycles. The molecule has 0 radical (unpaired) electrons. The summed E-state index contributed by atoms with van der Waals surface area (Å²) >= 11 is 0. The number of rotatable bonds is 2. The third-order valence-electron chi connectivity index (χ3n) is 3.43. The van der Waals surface area contributed by atoms with Crippen LogP contribution in [0.3, 0.4) is 0 Å². The van der Waals surface area contributed by atoms with Gasteiger partial charge < -0.3 is 5.73 Å². The standard InChI is InChI=1S/C11H19N3/c1-7-8(6-14(4)13-7)10(12)9-5-11(9,2)3/h6,9-10H,5,12H2,1-4H3. The van der Waals surface area contributed by atoms with Gasteiger partial charge in [-0.2, -0.15) is 5.10 Å². The molecule has 2 N–H and O–H groups in total. The lowest BCUT2D eigenvalue weighted by atomic mass is 9.99. The largest absolute Gasteiger partial charge is 0.324 e. The number of aryl methyl sites for hydroxylation is 2. The highest BCUT2D eigenvalue weighted by Crippen LogP contribution is 2.57. The van der Waals surface area contributed by atoms with Gasteiger partial charge in [-0.1, -0.05) is 13.8 Å². The first-order chi connectivity index (χ1) is 6.42. The fraction of sp³-hybridized carbons (Fsp3) is 0.727. The van der Waals surface area contributed by atoms with Crippen molar-refractivity contribution in [3.05, 3.63) is 17.5 Å². The van der Waals surface area contributed by atoms with E-state index in [1.54, 1.807) is 0 Å². The molecule has 0 amide bonds. The molecule has 0 saturated heterocycles. The van der Waals surface area contributed by atoms with E-state index in [0.717, 1.165) is 5.69 Å². The second-order valence-electron chi connectivity index (χ2n) is 5.17. The highest BCUT2D eigenvalue weighted by Gasteiger charge is 2.49. The molecule has 0 aliphatic heterocycles. The fourth-order valence-electron chi connectivity index (χ4n) is 2.28. The van der Waals surface area contributed by atoms with Gasteiger partial charge in [-0.25, -0.2) is 0 Å². The minimum absolute atomic E-state index is 0.165. The van der Waals surface area contributed by atoms with Gasteiger partial charge in [0.15, 0.2) is 0 Å². The average Bonchev–Trinajstić information content (AvgIpc) is 2.55. The van der Waals surface area contributed by atoms with Gasteiger partial charge in [0.25, 0.3) is 0 Å². The van der Waals surface area contributed by atoms with E-state index in [1.165, 1.54) is 12.0 Å². The van der Waals surface area contributed by atoms with E-state index in [2.05, 4.69) is 25.1 Å². The number of aromatic nitrogens is 2. The Balaban J connectivity index is 2.20. The molecule has 14 heavy (non-hydrogen) atoms. The van der Waals surface area contributed by atoms with Crippen molar-refractivity contribution < 1.29 is 0 Å². The maximum atomic E-state index is 6.24. The summed E-state index contributed by atoms with van der Waals surface area (Å²) in [5, 5.41) is 4.33. The Morgan fingerprint density at radius 2 is 2.21 bits per heavy atom. The minimum Gasteiger partial charge on any atom is -0.324 e. The van der Waals surface area contributed by atoms with Crippen LogP contribution in [0.2, 0.25) is 0 Å². The second-order valence-corrected chi connectivity index (χ2v) is 5.17. The third-order valence-corrected chi connectivity index (χ3v) is 3.43. The molecule has 0 aromatic carbocycles. The average molecular weight is 193 g/mol. The van der Waals surface area contributed by atoms with Crippen LogP contribution >= 0.6 is 0 Å². The van der Waals surface area contributed by atoms with Crippen LogP contribution in [0.4, 0.5) is 0 Å². The van der Waals surface area contributed by atoms with Gasteiger partial charge >= 0.3 is 0 Å². The summed E-state index contributed by atoms with van der Waals surface area (Å²) in [4.78, 5) is 0. The van der Waals surface area contributed by atoms with Crippen molar-refractivity contribution in [3.63, 3.8) is 0 Å². The molecule has 1 aliphatic carbocycles. The van der Waals surface area contributed by atoms with Crippen molar-refractivity contribution in [1.82, 2.24) is 9.78 Å². The zero-order valence-electron chi connectivity index (χ0n) is 9.41. The number of hydrogen-bond acceptors (Lipinski definition) is 2. The Labute approximate surface area is 85.3 Å². The predicted molar refractivity (Wildman–Crippen MR) is 56.8 cm³/mol. The van der Waals surface area contributed by atoms with Gasteiger partial charge in [0, 0.05) is 24.8 Å². The van der Waals surface area contributed by atoms with Crippen molar-refractivity contribution in [2.45, 2.75) is 33.2 Å². The fourth-order valence-corrected chi connectivity index (χ4v) is 2.28. The molecule has 1 heterocycles. The molecular formula is C11H19N3. The van der Waals surface area contributed by atoms with E-state index >= 15 is 0 Å². The van der Waals surface area contributed by atoms with Gasteiger partial charge in [0.05, 0.1) is 5.69 Å². The van der Waals surface area contributed by atoms with Crippen LogP contribution in [0, 0.1) is 18.3 Å². The lowest BCUT2D eigenvalue weighted by molar-refractivity contribution is 0.490. The molecule has 78 valence electrons. The summed E-state index contributed by atoms with van der Waals surface area (Å²) in [6.45, 7) is 6.59. The molecule has 0 spiro atoms. The summed E-state index contributed by atoms with van der Waals surface area (Å²) < 4.78 is 1.85. The Bertz CT molecular complexity index is 351. The highest BCUT2D eigenvalue weighted by atomic mass is 15.3. The van der Waals surface area contributed by atoms with E-state index in [-0.39, 0.29) is 6.04 Å². The quantitative estimate of drug-likeness (QED) is 0.778. The van der Waals surface area contributed by atoms with Crippen LogP contribution < -0.4 is 5.73 Å². The van der Waals surface area contributed by atoms with Crippen molar-refractivity contribution in [1.29, 1.82) is 0 Å². The van der Waals surface area contributed by atoms with Crippen LogP contribution in [0.15, 0.2) is 6.20 Å². The molecule has 3 heteroatoms. The topological polar surface area (TPSA) is 43.8 Å². The zero-order chi connectivity index (χ0) is 10.5. The number of nitrogens with zero attached hydrogens (tertiary/aromatic N) is 2. The summed E-state index contributed by atoms with van der Waals surface area (Å²) in [5.74, 6) is 0.630. The molecule has 2 atom stereocenters. The van der Waals surface area contributed by atoms with Gasteiger partial charge in [-0.05, 0) is 24.7 Å². The summed E-state index contributed by atoms with van der Waals surface area (Å²) in [6.07, 6.45) is 3.29. The smallest absolute Gasteiger partial charge is 0.0641 e.